The van der Waals surface area contributed by atoms with Crippen LogP contribution in [0.5, 0.6) is 0 Å². The Hall–Kier alpha value is -0.450. The molecule has 0 aliphatic carbocycles. The molecular weight excluding hydrogens is 270 g/mol. The highest BCUT2D eigenvalue weighted by atomic mass is 79.9. The topological polar surface area (TPSA) is 31.4 Å². The van der Waals surface area contributed by atoms with Crippen LogP contribution in [0.3, 0.4) is 0 Å². The van der Waals surface area contributed by atoms with Crippen molar-refractivity contribution in [2.45, 2.75) is 23.8 Å². The molecular formula is C12H16BrNO2. The zero-order valence-electron chi connectivity index (χ0n) is 9.30. The molecule has 0 bridgehead atoms. The number of hydrogen-bond donors (Lipinski definition) is 0. The molecule has 3 nitrogen and oxygen atoms in total. The smallest absolute Gasteiger partial charge is 0.0940 e. The minimum atomic E-state index is 0.116. The number of hydrogen-bond acceptors (Lipinski definition) is 3. The average Bonchev–Trinajstić information content (AvgIpc) is 2.39. The van der Waals surface area contributed by atoms with E-state index in [-0.39, 0.29) is 10.9 Å². The van der Waals surface area contributed by atoms with Crippen LogP contribution in [0.2, 0.25) is 0 Å². The Morgan fingerprint density at radius 3 is 2.94 bits per heavy atom. The third-order valence-electron chi connectivity index (χ3n) is 2.83. The molecule has 2 heterocycles. The fraction of sp³-hybridized carbons (Fsp3) is 0.583. The molecule has 0 saturated carbocycles. The van der Waals surface area contributed by atoms with E-state index in [0.717, 1.165) is 5.69 Å². The highest BCUT2D eigenvalue weighted by Crippen LogP contribution is 2.28. The van der Waals surface area contributed by atoms with Gasteiger partial charge in [0.15, 0.2) is 0 Å². The van der Waals surface area contributed by atoms with Gasteiger partial charge in [-0.05, 0) is 12.1 Å². The molecule has 3 atom stereocenters. The molecule has 1 fully saturated rings. The van der Waals surface area contributed by atoms with Gasteiger partial charge in [-0.15, -0.1) is 0 Å². The normalized spacial score (nSPS) is 25.0. The van der Waals surface area contributed by atoms with Gasteiger partial charge in [-0.3, -0.25) is 4.98 Å². The summed E-state index contributed by atoms with van der Waals surface area (Å²) in [6.07, 6.45) is 1.94. The van der Waals surface area contributed by atoms with Gasteiger partial charge in [0.25, 0.3) is 0 Å². The van der Waals surface area contributed by atoms with E-state index in [1.165, 1.54) is 0 Å². The summed E-state index contributed by atoms with van der Waals surface area (Å²) in [5, 5.41) is 0. The van der Waals surface area contributed by atoms with Gasteiger partial charge >= 0.3 is 0 Å². The Balaban J connectivity index is 2.00. The molecule has 1 aliphatic heterocycles. The highest BCUT2D eigenvalue weighted by molar-refractivity contribution is 9.09. The van der Waals surface area contributed by atoms with Crippen LogP contribution < -0.4 is 0 Å². The van der Waals surface area contributed by atoms with Gasteiger partial charge in [0.2, 0.25) is 0 Å². The van der Waals surface area contributed by atoms with Gasteiger partial charge in [0.1, 0.15) is 0 Å². The summed E-state index contributed by atoms with van der Waals surface area (Å²) in [4.78, 5) is 4.61. The van der Waals surface area contributed by atoms with Gasteiger partial charge in [0.05, 0.1) is 30.8 Å². The Morgan fingerprint density at radius 1 is 1.44 bits per heavy atom. The maximum Gasteiger partial charge on any atom is 0.0940 e. The maximum absolute atomic E-state index is 5.68. The van der Waals surface area contributed by atoms with Crippen LogP contribution in [-0.2, 0) is 9.47 Å². The lowest BCUT2D eigenvalue weighted by Crippen LogP contribution is -2.38. The second-order valence-corrected chi connectivity index (χ2v) is 5.03. The van der Waals surface area contributed by atoms with Crippen molar-refractivity contribution in [3.63, 3.8) is 0 Å². The predicted octanol–water partition coefficient (Wildman–Crippen LogP) is 2.36. The number of aromatic nitrogens is 1. The van der Waals surface area contributed by atoms with E-state index in [1.54, 1.807) is 0 Å². The Labute approximate surface area is 104 Å². The summed E-state index contributed by atoms with van der Waals surface area (Å²) in [5.41, 5.74) is 1.08. The standard InChI is InChI=1S/C12H16BrNO2/c1-9(10-4-2-3-5-14-10)12(13)11-8-15-6-7-16-11/h2-5,9,11-12H,6-8H2,1H3. The summed E-state index contributed by atoms with van der Waals surface area (Å²) >= 11 is 3.70. The molecule has 4 heteroatoms. The van der Waals surface area contributed by atoms with E-state index < -0.39 is 0 Å². The molecule has 2 rings (SSSR count). The fourth-order valence-corrected chi connectivity index (χ4v) is 2.40. The Kier molecular flexibility index (Phi) is 4.32. The van der Waals surface area contributed by atoms with Crippen molar-refractivity contribution in [2.24, 2.45) is 0 Å². The second kappa shape index (κ2) is 5.75. The van der Waals surface area contributed by atoms with E-state index in [4.69, 9.17) is 9.47 Å². The lowest BCUT2D eigenvalue weighted by Gasteiger charge is -2.30. The number of pyridine rings is 1. The number of halogens is 1. The molecule has 1 aromatic rings. The molecule has 0 amide bonds. The summed E-state index contributed by atoms with van der Waals surface area (Å²) < 4.78 is 11.1. The van der Waals surface area contributed by atoms with E-state index in [9.17, 15) is 0 Å². The highest BCUT2D eigenvalue weighted by Gasteiger charge is 2.28. The fourth-order valence-electron chi connectivity index (χ4n) is 1.82. The van der Waals surface area contributed by atoms with Crippen molar-refractivity contribution in [3.8, 4) is 0 Å². The molecule has 3 unspecified atom stereocenters. The van der Waals surface area contributed by atoms with Gasteiger partial charge in [-0.2, -0.15) is 0 Å². The zero-order chi connectivity index (χ0) is 11.4. The monoisotopic (exact) mass is 285 g/mol. The molecule has 1 aliphatic rings. The molecule has 16 heavy (non-hydrogen) atoms. The van der Waals surface area contributed by atoms with Gasteiger partial charge in [0, 0.05) is 17.8 Å². The van der Waals surface area contributed by atoms with Gasteiger partial charge < -0.3 is 9.47 Å². The van der Waals surface area contributed by atoms with Gasteiger partial charge in [-0.1, -0.05) is 28.9 Å². The molecule has 0 aromatic carbocycles. The number of rotatable bonds is 3. The Morgan fingerprint density at radius 2 is 2.31 bits per heavy atom. The third-order valence-corrected chi connectivity index (χ3v) is 4.21. The predicted molar refractivity (Wildman–Crippen MR) is 65.9 cm³/mol. The average molecular weight is 286 g/mol. The van der Waals surface area contributed by atoms with E-state index in [0.29, 0.717) is 25.7 Å². The lowest BCUT2D eigenvalue weighted by atomic mass is 9.99. The molecule has 88 valence electrons. The zero-order valence-corrected chi connectivity index (χ0v) is 10.9. The van der Waals surface area contributed by atoms with Crippen molar-refractivity contribution in [3.05, 3.63) is 30.1 Å². The summed E-state index contributed by atoms with van der Waals surface area (Å²) in [6.45, 7) is 4.20. The quantitative estimate of drug-likeness (QED) is 0.799. The van der Waals surface area contributed by atoms with E-state index in [1.807, 2.05) is 24.4 Å². The molecule has 1 saturated heterocycles. The molecule has 0 spiro atoms. The van der Waals surface area contributed by atoms with Crippen molar-refractivity contribution in [1.82, 2.24) is 4.98 Å². The first-order valence-corrected chi connectivity index (χ1v) is 6.45. The van der Waals surface area contributed by atoms with E-state index in [2.05, 4.69) is 27.8 Å². The first-order chi connectivity index (χ1) is 7.79. The number of ether oxygens (including phenoxy) is 2. The maximum atomic E-state index is 5.68. The van der Waals surface area contributed by atoms with Crippen LogP contribution in [0.4, 0.5) is 0 Å². The van der Waals surface area contributed by atoms with Crippen molar-refractivity contribution in [2.75, 3.05) is 19.8 Å². The van der Waals surface area contributed by atoms with E-state index >= 15 is 0 Å². The number of alkyl halides is 1. The van der Waals surface area contributed by atoms with Gasteiger partial charge in [-0.25, -0.2) is 0 Å². The Bertz CT molecular complexity index is 314. The summed E-state index contributed by atoms with van der Waals surface area (Å²) in [7, 11) is 0. The first-order valence-electron chi connectivity index (χ1n) is 5.53. The molecule has 0 radical (unpaired) electrons. The largest absolute Gasteiger partial charge is 0.376 e. The minimum Gasteiger partial charge on any atom is -0.376 e. The van der Waals surface area contributed by atoms with Crippen LogP contribution in [0.15, 0.2) is 24.4 Å². The van der Waals surface area contributed by atoms with Crippen LogP contribution in [-0.4, -0.2) is 35.7 Å². The SMILES string of the molecule is CC(c1ccccn1)C(Br)C1COCCO1. The molecule has 1 aromatic heterocycles. The summed E-state index contributed by atoms with van der Waals surface area (Å²) in [6, 6.07) is 5.99. The minimum absolute atomic E-state index is 0.116. The van der Waals surface area contributed by atoms with Crippen LogP contribution >= 0.6 is 15.9 Å². The van der Waals surface area contributed by atoms with Crippen molar-refractivity contribution >= 4 is 15.9 Å². The molecule has 0 N–H and O–H groups in total. The second-order valence-electron chi connectivity index (χ2n) is 3.97. The van der Waals surface area contributed by atoms with Crippen molar-refractivity contribution < 1.29 is 9.47 Å². The lowest BCUT2D eigenvalue weighted by molar-refractivity contribution is -0.0889. The third kappa shape index (κ3) is 2.81. The first kappa shape index (κ1) is 12.0. The van der Waals surface area contributed by atoms with Crippen LogP contribution in [0.25, 0.3) is 0 Å². The van der Waals surface area contributed by atoms with Crippen molar-refractivity contribution in [1.29, 1.82) is 0 Å². The van der Waals surface area contributed by atoms with Crippen LogP contribution in [0, 0.1) is 0 Å². The summed E-state index contributed by atoms with van der Waals surface area (Å²) in [5.74, 6) is 0.313. The van der Waals surface area contributed by atoms with Crippen LogP contribution in [0.1, 0.15) is 18.5 Å². The number of nitrogens with zero attached hydrogens (tertiary/aromatic N) is 1.